The molecule has 0 saturated heterocycles. The van der Waals surface area contributed by atoms with Crippen LogP contribution in [0.3, 0.4) is 0 Å². The minimum atomic E-state index is -0.212. The lowest BCUT2D eigenvalue weighted by molar-refractivity contribution is -0.142. The maximum absolute atomic E-state index is 11.2. The molecule has 0 atom stereocenters. The highest BCUT2D eigenvalue weighted by atomic mass is 35.5. The summed E-state index contributed by atoms with van der Waals surface area (Å²) in [4.78, 5) is 15.3. The number of aromatic nitrogens is 1. The van der Waals surface area contributed by atoms with Gasteiger partial charge in [0, 0.05) is 0 Å². The highest BCUT2D eigenvalue weighted by molar-refractivity contribution is 7.22. The Morgan fingerprint density at radius 2 is 2.39 bits per heavy atom. The van der Waals surface area contributed by atoms with Crippen molar-refractivity contribution in [1.82, 2.24) is 4.98 Å². The highest BCUT2D eigenvalue weighted by Crippen LogP contribution is 2.26. The fraction of sp³-hybridized carbons (Fsp3) is 0.231. The summed E-state index contributed by atoms with van der Waals surface area (Å²) in [6.45, 7) is 2.21. The molecule has 5 heteroatoms. The molecule has 1 aromatic heterocycles. The van der Waals surface area contributed by atoms with Gasteiger partial charge in [0.1, 0.15) is 0 Å². The lowest BCUT2D eigenvalue weighted by Crippen LogP contribution is -2.01. The van der Waals surface area contributed by atoms with Crippen LogP contribution >= 0.6 is 22.9 Å². The number of hydrogen-bond acceptors (Lipinski definition) is 4. The van der Waals surface area contributed by atoms with E-state index in [1.165, 1.54) is 11.3 Å². The Labute approximate surface area is 114 Å². The van der Waals surface area contributed by atoms with Crippen LogP contribution in [0.5, 0.6) is 0 Å². The van der Waals surface area contributed by atoms with Crippen molar-refractivity contribution in [3.63, 3.8) is 0 Å². The number of ether oxygens (including phenoxy) is 1. The minimum absolute atomic E-state index is 0.212. The topological polar surface area (TPSA) is 39.2 Å². The van der Waals surface area contributed by atoms with Gasteiger partial charge in [-0.1, -0.05) is 29.8 Å². The second-order valence-electron chi connectivity index (χ2n) is 3.61. The zero-order chi connectivity index (χ0) is 13.0. The van der Waals surface area contributed by atoms with E-state index in [2.05, 4.69) is 4.98 Å². The summed E-state index contributed by atoms with van der Waals surface area (Å²) in [7, 11) is 0. The number of thiazole rings is 1. The number of fused-ring (bicyclic) bond motifs is 1. The Balaban J connectivity index is 2.07. The minimum Gasteiger partial charge on any atom is -0.466 e. The standard InChI is InChI=1S/C13H12ClNO2S/c1-2-17-12(16)5-3-4-9-6-7-10-11(8-9)18-13(14)15-10/h3-4,6-8H,2,5H2,1H3. The third-order valence-electron chi connectivity index (χ3n) is 2.29. The van der Waals surface area contributed by atoms with Crippen molar-refractivity contribution < 1.29 is 9.53 Å². The van der Waals surface area contributed by atoms with Crippen LogP contribution in [0.25, 0.3) is 16.3 Å². The average Bonchev–Trinajstić information content (AvgIpc) is 2.69. The van der Waals surface area contributed by atoms with Crippen LogP contribution < -0.4 is 0 Å². The van der Waals surface area contributed by atoms with Crippen molar-refractivity contribution in [3.8, 4) is 0 Å². The lowest BCUT2D eigenvalue weighted by atomic mass is 10.2. The fourth-order valence-corrected chi connectivity index (χ4v) is 2.61. The first-order valence-corrected chi connectivity index (χ1v) is 6.76. The quantitative estimate of drug-likeness (QED) is 0.798. The summed E-state index contributed by atoms with van der Waals surface area (Å²) in [5, 5.41) is 0. The van der Waals surface area contributed by atoms with E-state index in [1.54, 1.807) is 13.0 Å². The van der Waals surface area contributed by atoms with E-state index in [0.29, 0.717) is 11.1 Å². The van der Waals surface area contributed by atoms with Crippen LogP contribution in [0.1, 0.15) is 18.9 Å². The molecule has 1 heterocycles. The van der Waals surface area contributed by atoms with Gasteiger partial charge in [-0.25, -0.2) is 4.98 Å². The van der Waals surface area contributed by atoms with E-state index in [4.69, 9.17) is 16.3 Å². The molecule has 2 rings (SSSR count). The molecule has 0 spiro atoms. The Bertz CT molecular complexity index is 592. The maximum atomic E-state index is 11.2. The summed E-state index contributed by atoms with van der Waals surface area (Å²) in [6.07, 6.45) is 3.97. The summed E-state index contributed by atoms with van der Waals surface area (Å²) < 4.78 is 6.42. The monoisotopic (exact) mass is 281 g/mol. The molecular formula is C13H12ClNO2S. The predicted octanol–water partition coefficient (Wildman–Crippen LogP) is 3.92. The van der Waals surface area contributed by atoms with Crippen LogP contribution in [0.4, 0.5) is 0 Å². The maximum Gasteiger partial charge on any atom is 0.309 e. The lowest BCUT2D eigenvalue weighted by Gasteiger charge is -1.97. The second-order valence-corrected chi connectivity index (χ2v) is 5.22. The first-order valence-electron chi connectivity index (χ1n) is 5.57. The second kappa shape index (κ2) is 5.98. The first kappa shape index (κ1) is 13.1. The number of carbonyl (C=O) groups is 1. The van der Waals surface area contributed by atoms with E-state index in [1.807, 2.05) is 24.3 Å². The Morgan fingerprint density at radius 3 is 3.17 bits per heavy atom. The van der Waals surface area contributed by atoms with Gasteiger partial charge in [0.15, 0.2) is 4.47 Å². The van der Waals surface area contributed by atoms with Gasteiger partial charge >= 0.3 is 5.97 Å². The van der Waals surface area contributed by atoms with Gasteiger partial charge in [-0.15, -0.1) is 11.3 Å². The van der Waals surface area contributed by atoms with Crippen LogP contribution in [0, 0.1) is 0 Å². The van der Waals surface area contributed by atoms with Gasteiger partial charge in [0.25, 0.3) is 0 Å². The third-order valence-corrected chi connectivity index (χ3v) is 3.41. The summed E-state index contributed by atoms with van der Waals surface area (Å²) in [5.74, 6) is -0.212. The van der Waals surface area contributed by atoms with E-state index in [9.17, 15) is 4.79 Å². The van der Waals surface area contributed by atoms with E-state index >= 15 is 0 Å². The number of benzene rings is 1. The zero-order valence-corrected chi connectivity index (χ0v) is 11.4. The zero-order valence-electron chi connectivity index (χ0n) is 9.85. The van der Waals surface area contributed by atoms with Crippen LogP contribution in [0.2, 0.25) is 4.47 Å². The molecule has 0 aliphatic carbocycles. The summed E-state index contributed by atoms with van der Waals surface area (Å²) in [6, 6.07) is 5.86. The molecule has 0 fully saturated rings. The largest absolute Gasteiger partial charge is 0.466 e. The molecule has 0 N–H and O–H groups in total. The molecule has 18 heavy (non-hydrogen) atoms. The molecule has 0 bridgehead atoms. The van der Waals surface area contributed by atoms with Crippen LogP contribution in [-0.2, 0) is 9.53 Å². The van der Waals surface area contributed by atoms with Crippen molar-refractivity contribution in [2.75, 3.05) is 6.61 Å². The third kappa shape index (κ3) is 3.31. The number of rotatable bonds is 4. The van der Waals surface area contributed by atoms with Gasteiger partial charge in [0.05, 0.1) is 23.2 Å². The van der Waals surface area contributed by atoms with Crippen molar-refractivity contribution in [2.45, 2.75) is 13.3 Å². The van der Waals surface area contributed by atoms with Crippen molar-refractivity contribution in [3.05, 3.63) is 34.3 Å². The van der Waals surface area contributed by atoms with Crippen LogP contribution in [0.15, 0.2) is 24.3 Å². The van der Waals surface area contributed by atoms with E-state index < -0.39 is 0 Å². The number of esters is 1. The Kier molecular flexibility index (Phi) is 4.33. The van der Waals surface area contributed by atoms with Crippen molar-refractivity contribution in [1.29, 1.82) is 0 Å². The molecule has 2 aromatic rings. The molecule has 0 aliphatic rings. The van der Waals surface area contributed by atoms with Crippen molar-refractivity contribution in [2.24, 2.45) is 0 Å². The molecule has 1 aromatic carbocycles. The molecule has 94 valence electrons. The number of carbonyl (C=O) groups excluding carboxylic acids is 1. The molecule has 0 aliphatic heterocycles. The highest BCUT2D eigenvalue weighted by Gasteiger charge is 2.01. The predicted molar refractivity (Wildman–Crippen MR) is 74.9 cm³/mol. The number of halogens is 1. The smallest absolute Gasteiger partial charge is 0.309 e. The average molecular weight is 282 g/mol. The van der Waals surface area contributed by atoms with Crippen molar-refractivity contribution >= 4 is 45.2 Å². The van der Waals surface area contributed by atoms with Gasteiger partial charge in [-0.05, 0) is 24.6 Å². The molecular weight excluding hydrogens is 270 g/mol. The fourth-order valence-electron chi connectivity index (χ4n) is 1.53. The Morgan fingerprint density at radius 1 is 1.56 bits per heavy atom. The molecule has 3 nitrogen and oxygen atoms in total. The normalized spacial score (nSPS) is 11.2. The number of nitrogens with zero attached hydrogens (tertiary/aromatic N) is 1. The van der Waals surface area contributed by atoms with E-state index in [0.717, 1.165) is 15.8 Å². The molecule has 0 unspecified atom stereocenters. The summed E-state index contributed by atoms with van der Waals surface area (Å²) >= 11 is 7.29. The molecule has 0 saturated carbocycles. The number of hydrogen-bond donors (Lipinski definition) is 0. The van der Waals surface area contributed by atoms with Gasteiger partial charge < -0.3 is 4.74 Å². The molecule has 0 amide bonds. The van der Waals surface area contributed by atoms with E-state index in [-0.39, 0.29) is 12.4 Å². The SMILES string of the molecule is CCOC(=O)CC=Cc1ccc2nc(Cl)sc2c1. The van der Waals surface area contributed by atoms with Gasteiger partial charge in [-0.3, -0.25) is 4.79 Å². The van der Waals surface area contributed by atoms with Gasteiger partial charge in [0.2, 0.25) is 0 Å². The summed E-state index contributed by atoms with van der Waals surface area (Å²) in [5.41, 5.74) is 1.92. The van der Waals surface area contributed by atoms with Crippen LogP contribution in [-0.4, -0.2) is 17.6 Å². The molecule has 0 radical (unpaired) electrons. The first-order chi connectivity index (χ1) is 8.69. The Hall–Kier alpha value is -1.39. The van der Waals surface area contributed by atoms with Gasteiger partial charge in [-0.2, -0.15) is 0 Å².